The number of aromatic nitrogens is 2. The molecule has 0 saturated heterocycles. The maximum Gasteiger partial charge on any atom is 0.289 e. The van der Waals surface area contributed by atoms with E-state index in [4.69, 9.17) is 4.52 Å². The summed E-state index contributed by atoms with van der Waals surface area (Å²) in [6.07, 6.45) is 0.968. The molecule has 1 aromatic carbocycles. The van der Waals surface area contributed by atoms with Gasteiger partial charge in [0.25, 0.3) is 11.8 Å². The molecule has 0 aliphatic rings. The van der Waals surface area contributed by atoms with Gasteiger partial charge in [-0.3, -0.25) is 20.4 Å². The van der Waals surface area contributed by atoms with Crippen molar-refractivity contribution in [2.45, 2.75) is 40.0 Å². The zero-order valence-electron chi connectivity index (χ0n) is 16.2. The summed E-state index contributed by atoms with van der Waals surface area (Å²) in [6, 6.07) is 8.07. The molecule has 2 heterocycles. The van der Waals surface area contributed by atoms with Crippen LogP contribution >= 0.6 is 11.3 Å². The monoisotopic (exact) mass is 398 g/mol. The molecule has 0 spiro atoms. The SMILES string of the molecule is CCc1ccc(-c2nc(C(=O)NNC(=O)c3c(C)noc3C(C)C)cs2)cc1. The number of aryl methyl sites for hydroxylation is 2. The fraction of sp³-hybridized carbons (Fsp3) is 0.300. The Bertz CT molecular complexity index is 989. The zero-order valence-corrected chi connectivity index (χ0v) is 17.0. The van der Waals surface area contributed by atoms with Crippen LogP contribution in [-0.4, -0.2) is 22.0 Å². The Balaban J connectivity index is 1.66. The number of rotatable bonds is 5. The number of carbonyl (C=O) groups is 2. The fourth-order valence-electron chi connectivity index (χ4n) is 2.69. The molecule has 0 bridgehead atoms. The number of nitrogens with one attached hydrogen (secondary N) is 2. The Morgan fingerprint density at radius 3 is 2.46 bits per heavy atom. The van der Waals surface area contributed by atoms with Crippen LogP contribution in [0.3, 0.4) is 0 Å². The molecular formula is C20H22N4O3S. The Morgan fingerprint density at radius 2 is 1.82 bits per heavy atom. The molecule has 0 radical (unpaired) electrons. The molecular weight excluding hydrogens is 376 g/mol. The van der Waals surface area contributed by atoms with Crippen molar-refractivity contribution in [3.8, 4) is 10.6 Å². The van der Waals surface area contributed by atoms with Crippen LogP contribution in [0.1, 0.15) is 64.6 Å². The summed E-state index contributed by atoms with van der Waals surface area (Å²) in [7, 11) is 0. The van der Waals surface area contributed by atoms with Crippen LogP contribution in [0.15, 0.2) is 34.2 Å². The second-order valence-corrected chi connectivity index (χ2v) is 7.52. The minimum absolute atomic E-state index is 0.00199. The molecule has 0 saturated carbocycles. The summed E-state index contributed by atoms with van der Waals surface area (Å²) in [4.78, 5) is 29.1. The summed E-state index contributed by atoms with van der Waals surface area (Å²) in [5.41, 5.74) is 8.06. The van der Waals surface area contributed by atoms with E-state index in [1.807, 2.05) is 38.1 Å². The van der Waals surface area contributed by atoms with E-state index in [0.29, 0.717) is 17.0 Å². The summed E-state index contributed by atoms with van der Waals surface area (Å²) < 4.78 is 5.20. The molecule has 7 nitrogen and oxygen atoms in total. The van der Waals surface area contributed by atoms with Gasteiger partial charge in [-0.05, 0) is 18.9 Å². The van der Waals surface area contributed by atoms with Crippen molar-refractivity contribution in [3.05, 3.63) is 57.9 Å². The molecule has 2 aromatic heterocycles. The Labute approximate surface area is 167 Å². The largest absolute Gasteiger partial charge is 0.360 e. The predicted octanol–water partition coefficient (Wildman–Crippen LogP) is 3.87. The van der Waals surface area contributed by atoms with Crippen molar-refractivity contribution in [2.75, 3.05) is 0 Å². The topological polar surface area (TPSA) is 97.1 Å². The third-order valence-electron chi connectivity index (χ3n) is 4.28. The van der Waals surface area contributed by atoms with Gasteiger partial charge in [0.05, 0.1) is 5.69 Å². The van der Waals surface area contributed by atoms with E-state index < -0.39 is 11.8 Å². The number of hydrazine groups is 1. The van der Waals surface area contributed by atoms with Gasteiger partial charge in [-0.2, -0.15) is 0 Å². The highest BCUT2D eigenvalue weighted by molar-refractivity contribution is 7.13. The normalized spacial score (nSPS) is 10.9. The number of hydrogen-bond acceptors (Lipinski definition) is 6. The summed E-state index contributed by atoms with van der Waals surface area (Å²) in [5, 5.41) is 6.24. The number of benzene rings is 1. The van der Waals surface area contributed by atoms with Gasteiger partial charge in [-0.15, -0.1) is 11.3 Å². The Hall–Kier alpha value is -3.00. The number of carbonyl (C=O) groups excluding carboxylic acids is 2. The van der Waals surface area contributed by atoms with Gasteiger partial charge in [0.1, 0.15) is 16.3 Å². The minimum atomic E-state index is -0.485. The predicted molar refractivity (Wildman–Crippen MR) is 107 cm³/mol. The van der Waals surface area contributed by atoms with E-state index in [-0.39, 0.29) is 11.6 Å². The van der Waals surface area contributed by atoms with Crippen LogP contribution in [0.4, 0.5) is 0 Å². The van der Waals surface area contributed by atoms with Gasteiger partial charge in [-0.1, -0.05) is 50.2 Å². The minimum Gasteiger partial charge on any atom is -0.360 e. The average Bonchev–Trinajstić information content (AvgIpc) is 3.33. The van der Waals surface area contributed by atoms with E-state index in [1.54, 1.807) is 12.3 Å². The van der Waals surface area contributed by atoms with E-state index in [9.17, 15) is 9.59 Å². The van der Waals surface area contributed by atoms with Gasteiger partial charge in [-0.25, -0.2) is 4.98 Å². The van der Waals surface area contributed by atoms with Gasteiger partial charge in [0.15, 0.2) is 5.76 Å². The average molecular weight is 398 g/mol. The van der Waals surface area contributed by atoms with Crippen molar-refractivity contribution in [2.24, 2.45) is 0 Å². The molecule has 0 aliphatic heterocycles. The molecule has 3 aromatic rings. The molecule has 2 N–H and O–H groups in total. The summed E-state index contributed by atoms with van der Waals surface area (Å²) in [5.74, 6) is -0.476. The first-order valence-electron chi connectivity index (χ1n) is 9.02. The first-order chi connectivity index (χ1) is 13.4. The Kier molecular flexibility index (Phi) is 5.89. The number of amides is 2. The maximum atomic E-state index is 12.4. The first kappa shape index (κ1) is 19.8. The molecule has 2 amide bonds. The van der Waals surface area contributed by atoms with Crippen LogP contribution in [0.5, 0.6) is 0 Å². The van der Waals surface area contributed by atoms with E-state index in [2.05, 4.69) is 27.9 Å². The van der Waals surface area contributed by atoms with Crippen LogP contribution in [0, 0.1) is 6.92 Å². The lowest BCUT2D eigenvalue weighted by Gasteiger charge is -2.07. The highest BCUT2D eigenvalue weighted by Crippen LogP contribution is 2.24. The number of hydrogen-bond donors (Lipinski definition) is 2. The molecule has 3 rings (SSSR count). The second-order valence-electron chi connectivity index (χ2n) is 6.66. The smallest absolute Gasteiger partial charge is 0.289 e. The third kappa shape index (κ3) is 4.12. The van der Waals surface area contributed by atoms with E-state index in [1.165, 1.54) is 16.9 Å². The van der Waals surface area contributed by atoms with Crippen LogP contribution in [-0.2, 0) is 6.42 Å². The third-order valence-corrected chi connectivity index (χ3v) is 5.17. The van der Waals surface area contributed by atoms with E-state index in [0.717, 1.165) is 17.0 Å². The van der Waals surface area contributed by atoms with Crippen molar-refractivity contribution >= 4 is 23.2 Å². The van der Waals surface area contributed by atoms with Gasteiger partial charge in [0, 0.05) is 16.9 Å². The van der Waals surface area contributed by atoms with Crippen molar-refractivity contribution in [3.63, 3.8) is 0 Å². The van der Waals surface area contributed by atoms with Crippen molar-refractivity contribution in [1.82, 2.24) is 21.0 Å². The highest BCUT2D eigenvalue weighted by atomic mass is 32.1. The lowest BCUT2D eigenvalue weighted by atomic mass is 10.1. The molecule has 0 fully saturated rings. The molecule has 0 aliphatic carbocycles. The fourth-order valence-corrected chi connectivity index (χ4v) is 3.50. The van der Waals surface area contributed by atoms with Crippen LogP contribution in [0.2, 0.25) is 0 Å². The van der Waals surface area contributed by atoms with Crippen molar-refractivity contribution < 1.29 is 14.1 Å². The van der Waals surface area contributed by atoms with Crippen LogP contribution in [0.25, 0.3) is 10.6 Å². The lowest BCUT2D eigenvalue weighted by Crippen LogP contribution is -2.42. The van der Waals surface area contributed by atoms with Gasteiger partial charge < -0.3 is 4.52 Å². The quantitative estimate of drug-likeness (QED) is 0.636. The summed E-state index contributed by atoms with van der Waals surface area (Å²) in [6.45, 7) is 7.58. The van der Waals surface area contributed by atoms with Gasteiger partial charge >= 0.3 is 0 Å². The van der Waals surface area contributed by atoms with E-state index >= 15 is 0 Å². The van der Waals surface area contributed by atoms with Gasteiger partial charge in [0.2, 0.25) is 0 Å². The molecule has 8 heteroatoms. The first-order valence-corrected chi connectivity index (χ1v) is 9.90. The number of nitrogens with zero attached hydrogens (tertiary/aromatic N) is 2. The highest BCUT2D eigenvalue weighted by Gasteiger charge is 2.23. The molecule has 0 unspecified atom stereocenters. The number of thiazole rings is 1. The second kappa shape index (κ2) is 8.35. The lowest BCUT2D eigenvalue weighted by molar-refractivity contribution is 0.0842. The van der Waals surface area contributed by atoms with Crippen LogP contribution < -0.4 is 10.9 Å². The molecule has 146 valence electrons. The maximum absolute atomic E-state index is 12.4. The standard InChI is InChI=1S/C20H22N4O3S/c1-5-13-6-8-14(9-7-13)20-21-15(10-28-20)18(25)22-23-19(26)16-12(4)24-27-17(16)11(2)3/h6-11H,5H2,1-4H3,(H,22,25)(H,23,26). The Morgan fingerprint density at radius 1 is 1.14 bits per heavy atom. The summed E-state index contributed by atoms with van der Waals surface area (Å²) >= 11 is 1.38. The molecule has 0 atom stereocenters. The molecule has 28 heavy (non-hydrogen) atoms. The zero-order chi connectivity index (χ0) is 20.3. The van der Waals surface area contributed by atoms with Crippen molar-refractivity contribution in [1.29, 1.82) is 0 Å².